The number of imide groups is 1. The van der Waals surface area contributed by atoms with Gasteiger partial charge in [0.1, 0.15) is 23.3 Å². The molecule has 0 aliphatic carbocycles. The summed E-state index contributed by atoms with van der Waals surface area (Å²) in [4.78, 5) is 56.3. The van der Waals surface area contributed by atoms with Gasteiger partial charge in [-0.2, -0.15) is 0 Å². The number of hydrogen-bond acceptors (Lipinski definition) is 8. The van der Waals surface area contributed by atoms with Crippen molar-refractivity contribution in [2.75, 3.05) is 24.4 Å². The molecule has 45 heavy (non-hydrogen) atoms. The lowest BCUT2D eigenvalue weighted by molar-refractivity contribution is -0.122. The third-order valence-corrected chi connectivity index (χ3v) is 10.8. The van der Waals surface area contributed by atoms with Crippen LogP contribution in [0.15, 0.2) is 82.6 Å². The molecule has 4 aromatic rings. The van der Waals surface area contributed by atoms with Gasteiger partial charge in [-0.1, -0.05) is 68.1 Å². The molecule has 232 valence electrons. The zero-order valence-corrected chi connectivity index (χ0v) is 27.2. The number of rotatable bonds is 7. The van der Waals surface area contributed by atoms with Crippen molar-refractivity contribution >= 4 is 52.2 Å². The van der Waals surface area contributed by atoms with Crippen LogP contribution >= 0.6 is 23.1 Å². The summed E-state index contributed by atoms with van der Waals surface area (Å²) in [6.07, 6.45) is 0. The van der Waals surface area contributed by atoms with Crippen LogP contribution < -0.4 is 24.6 Å². The van der Waals surface area contributed by atoms with Gasteiger partial charge in [-0.05, 0) is 65.1 Å². The minimum absolute atomic E-state index is 0.0790. The van der Waals surface area contributed by atoms with Crippen LogP contribution in [0.3, 0.4) is 0 Å². The number of nitrogens with one attached hydrogen (secondary N) is 1. The summed E-state index contributed by atoms with van der Waals surface area (Å²) >= 11 is 2.22. The smallest absolute Gasteiger partial charge is 0.308 e. The van der Waals surface area contributed by atoms with Gasteiger partial charge in [0, 0.05) is 16.5 Å². The second-order valence-corrected chi connectivity index (χ2v) is 14.1. The summed E-state index contributed by atoms with van der Waals surface area (Å²) in [5, 5.41) is 2.60. The summed E-state index contributed by atoms with van der Waals surface area (Å²) in [6, 6.07) is 21.8. The average Bonchev–Trinajstić information content (AvgIpc) is 3.47. The van der Waals surface area contributed by atoms with Gasteiger partial charge in [-0.3, -0.25) is 23.7 Å². The second kappa shape index (κ2) is 11.9. The number of fused-ring (bicyclic) bond motifs is 2. The highest BCUT2D eigenvalue weighted by Gasteiger charge is 2.56. The molecular weight excluding hydrogens is 611 g/mol. The van der Waals surface area contributed by atoms with E-state index in [4.69, 9.17) is 9.47 Å². The SMILES string of the molecule is COc1ccc(NC(=O)Cn2c3c(sc2=O)C(c2ccc(C(C)(C)C)cc2)C2C(=O)N(c4ccc(OC)cc4)C(=O)C2S3)cc1. The number of thioether (sulfide) groups is 1. The van der Waals surface area contributed by atoms with Gasteiger partial charge in [0.25, 0.3) is 0 Å². The van der Waals surface area contributed by atoms with Gasteiger partial charge in [-0.25, -0.2) is 4.90 Å². The van der Waals surface area contributed by atoms with Crippen molar-refractivity contribution in [2.24, 2.45) is 5.92 Å². The van der Waals surface area contributed by atoms with Gasteiger partial charge < -0.3 is 14.8 Å². The Hall–Kier alpha value is -4.35. The van der Waals surface area contributed by atoms with Crippen molar-refractivity contribution in [1.29, 1.82) is 0 Å². The first-order chi connectivity index (χ1) is 21.5. The number of hydrogen-bond donors (Lipinski definition) is 1. The van der Waals surface area contributed by atoms with Crippen LogP contribution in [0.4, 0.5) is 11.4 Å². The Morgan fingerprint density at radius 1 is 0.844 bits per heavy atom. The van der Waals surface area contributed by atoms with Gasteiger partial charge in [0.05, 0.1) is 30.9 Å². The topological polar surface area (TPSA) is 107 Å². The lowest BCUT2D eigenvalue weighted by Gasteiger charge is -2.31. The summed E-state index contributed by atoms with van der Waals surface area (Å²) in [7, 11) is 3.12. The molecular formula is C34H33N3O6S2. The number of methoxy groups -OCH3 is 2. The molecule has 6 rings (SSSR count). The maximum Gasteiger partial charge on any atom is 0.308 e. The van der Waals surface area contributed by atoms with Crippen LogP contribution in [-0.2, 0) is 26.3 Å². The molecule has 3 amide bonds. The number of benzene rings is 3. The fourth-order valence-corrected chi connectivity index (χ4v) is 8.58. The third-order valence-electron chi connectivity index (χ3n) is 8.19. The molecule has 1 N–H and O–H groups in total. The molecule has 1 aromatic heterocycles. The molecule has 3 atom stereocenters. The van der Waals surface area contributed by atoms with Crippen molar-refractivity contribution in [1.82, 2.24) is 4.57 Å². The van der Waals surface area contributed by atoms with E-state index in [-0.39, 0.29) is 34.6 Å². The third kappa shape index (κ3) is 5.66. The van der Waals surface area contributed by atoms with Gasteiger partial charge in [0.2, 0.25) is 17.7 Å². The normalized spacial score (nSPS) is 19.2. The Kier molecular flexibility index (Phi) is 8.09. The predicted octanol–water partition coefficient (Wildman–Crippen LogP) is 5.66. The highest BCUT2D eigenvalue weighted by Crippen LogP contribution is 2.54. The lowest BCUT2D eigenvalue weighted by atomic mass is 9.81. The van der Waals surface area contributed by atoms with E-state index < -0.39 is 17.1 Å². The van der Waals surface area contributed by atoms with Gasteiger partial charge in [0.15, 0.2) is 0 Å². The van der Waals surface area contributed by atoms with E-state index in [0.29, 0.717) is 32.8 Å². The van der Waals surface area contributed by atoms with Crippen molar-refractivity contribution in [3.05, 3.63) is 98.5 Å². The number of thiazole rings is 1. The number of aromatic nitrogens is 1. The summed E-state index contributed by atoms with van der Waals surface area (Å²) in [6.45, 7) is 6.15. The maximum absolute atomic E-state index is 14.2. The maximum atomic E-state index is 14.2. The van der Waals surface area contributed by atoms with Crippen LogP contribution in [-0.4, -0.2) is 41.8 Å². The number of anilines is 2. The van der Waals surface area contributed by atoms with Crippen molar-refractivity contribution < 1.29 is 23.9 Å². The van der Waals surface area contributed by atoms with Crippen LogP contribution in [0, 0.1) is 5.92 Å². The van der Waals surface area contributed by atoms with E-state index in [0.717, 1.165) is 22.5 Å². The van der Waals surface area contributed by atoms with E-state index >= 15 is 0 Å². The van der Waals surface area contributed by atoms with E-state index in [9.17, 15) is 19.2 Å². The molecule has 0 radical (unpaired) electrons. The minimum Gasteiger partial charge on any atom is -0.497 e. The van der Waals surface area contributed by atoms with E-state index in [1.165, 1.54) is 21.2 Å². The van der Waals surface area contributed by atoms with E-state index in [1.807, 2.05) is 24.3 Å². The molecule has 1 saturated heterocycles. The van der Waals surface area contributed by atoms with Gasteiger partial charge >= 0.3 is 4.87 Å². The molecule has 0 bridgehead atoms. The molecule has 3 aromatic carbocycles. The van der Waals surface area contributed by atoms with Crippen molar-refractivity contribution in [3.8, 4) is 11.5 Å². The number of carbonyl (C=O) groups excluding carboxylic acids is 3. The van der Waals surface area contributed by atoms with Gasteiger partial charge in [-0.15, -0.1) is 0 Å². The summed E-state index contributed by atoms with van der Waals surface area (Å²) in [5.74, 6) is -1.05. The molecule has 2 aliphatic rings. The zero-order chi connectivity index (χ0) is 32.0. The zero-order valence-electron chi connectivity index (χ0n) is 25.5. The Morgan fingerprint density at radius 3 is 2.02 bits per heavy atom. The first kappa shape index (κ1) is 30.7. The van der Waals surface area contributed by atoms with Crippen molar-refractivity contribution in [3.63, 3.8) is 0 Å². The Bertz CT molecular complexity index is 1820. The summed E-state index contributed by atoms with van der Waals surface area (Å²) in [5.41, 5.74) is 2.91. The molecule has 1 fully saturated rings. The van der Waals surface area contributed by atoms with Crippen LogP contribution in [0.5, 0.6) is 11.5 Å². The number of ether oxygens (including phenoxy) is 2. The largest absolute Gasteiger partial charge is 0.497 e. The number of carbonyl (C=O) groups is 3. The average molecular weight is 644 g/mol. The predicted molar refractivity (Wildman–Crippen MR) is 176 cm³/mol. The Balaban J connectivity index is 1.39. The first-order valence-corrected chi connectivity index (χ1v) is 16.2. The number of amides is 3. The van der Waals surface area contributed by atoms with E-state index in [1.54, 1.807) is 62.8 Å². The molecule has 0 spiro atoms. The van der Waals surface area contributed by atoms with Crippen LogP contribution in [0.25, 0.3) is 0 Å². The van der Waals surface area contributed by atoms with E-state index in [2.05, 4.69) is 26.1 Å². The Morgan fingerprint density at radius 2 is 1.44 bits per heavy atom. The second-order valence-electron chi connectivity index (χ2n) is 12.0. The molecule has 3 heterocycles. The molecule has 0 saturated carbocycles. The molecule has 9 nitrogen and oxygen atoms in total. The number of nitrogens with zero attached hydrogens (tertiary/aromatic N) is 2. The highest BCUT2D eigenvalue weighted by atomic mass is 32.2. The highest BCUT2D eigenvalue weighted by molar-refractivity contribution is 8.00. The van der Waals surface area contributed by atoms with Crippen molar-refractivity contribution in [2.45, 2.75) is 48.9 Å². The summed E-state index contributed by atoms with van der Waals surface area (Å²) < 4.78 is 11.9. The lowest BCUT2D eigenvalue weighted by Crippen LogP contribution is -2.33. The quantitative estimate of drug-likeness (QED) is 0.259. The molecule has 11 heteroatoms. The monoisotopic (exact) mass is 643 g/mol. The fourth-order valence-electron chi connectivity index (χ4n) is 5.81. The van der Waals surface area contributed by atoms with Crippen LogP contribution in [0.1, 0.15) is 42.7 Å². The molecule has 2 aliphatic heterocycles. The Labute approximate surface area is 269 Å². The fraction of sp³-hybridized carbons (Fsp3) is 0.294. The van der Waals surface area contributed by atoms with Crippen LogP contribution in [0.2, 0.25) is 0 Å². The standard InChI is InChI=1S/C34H33N3O6S2/c1-34(2,3)20-8-6-19(7-9-20)26-27-28(31(40)37(30(27)39)22-12-16-24(43-5)17-13-22)44-32-29(26)45-33(41)36(32)18-25(38)35-21-10-14-23(42-4)15-11-21/h6-17,26-28H,18H2,1-5H3,(H,35,38). The molecule has 3 unspecified atom stereocenters. The first-order valence-electron chi connectivity index (χ1n) is 14.5. The minimum atomic E-state index is -0.774.